The number of thiazole rings is 1. The van der Waals surface area contributed by atoms with E-state index in [1.165, 1.54) is 0 Å². The number of hydrogen-bond donors (Lipinski definition) is 2. The van der Waals surface area contributed by atoms with E-state index in [1.807, 2.05) is 18.2 Å². The van der Waals surface area contributed by atoms with Gasteiger partial charge in [-0.2, -0.15) is 0 Å². The molecule has 0 bridgehead atoms. The van der Waals surface area contributed by atoms with Crippen LogP contribution in [0.3, 0.4) is 0 Å². The van der Waals surface area contributed by atoms with Gasteiger partial charge in [0, 0.05) is 16.7 Å². The molecule has 0 aliphatic rings. The molecule has 3 nitrogen and oxygen atoms in total. The topological polar surface area (TPSA) is 50.9 Å². The molecule has 78 valence electrons. The molecule has 0 amide bonds. The van der Waals surface area contributed by atoms with E-state index in [4.69, 9.17) is 5.73 Å². The van der Waals surface area contributed by atoms with E-state index in [0.29, 0.717) is 6.54 Å². The number of nitrogens with zero attached hydrogens (tertiary/aromatic N) is 1. The van der Waals surface area contributed by atoms with E-state index in [2.05, 4.69) is 32.8 Å². The Kier molecular flexibility index (Phi) is 2.93. The highest BCUT2D eigenvalue weighted by molar-refractivity contribution is 9.11. The third kappa shape index (κ3) is 2.49. The molecular weight excluding hydrogens is 274 g/mol. The molecule has 2 rings (SSSR count). The van der Waals surface area contributed by atoms with E-state index in [-0.39, 0.29) is 0 Å². The zero-order valence-electron chi connectivity index (χ0n) is 7.96. The van der Waals surface area contributed by atoms with Crippen LogP contribution in [0.1, 0.15) is 0 Å². The molecule has 0 saturated carbocycles. The Morgan fingerprint density at radius 1 is 1.60 bits per heavy atom. The summed E-state index contributed by atoms with van der Waals surface area (Å²) < 4.78 is 2.00. The standard InChI is InChI=1S/C10H10BrN3S/c1-6(11)5-13-10-14-8-3-2-7(12)4-9(8)15-10/h2-4H,1,5,12H2,(H,13,14). The molecule has 0 radical (unpaired) electrons. The largest absolute Gasteiger partial charge is 0.399 e. The van der Waals surface area contributed by atoms with Crippen LogP contribution >= 0.6 is 27.3 Å². The third-order valence-electron chi connectivity index (χ3n) is 1.84. The smallest absolute Gasteiger partial charge is 0.184 e. The molecular formula is C10H10BrN3S. The van der Waals surface area contributed by atoms with Gasteiger partial charge in [-0.15, -0.1) is 0 Å². The highest BCUT2D eigenvalue weighted by Crippen LogP contribution is 2.27. The molecule has 5 heteroatoms. The minimum Gasteiger partial charge on any atom is -0.399 e. The van der Waals surface area contributed by atoms with Crippen molar-refractivity contribution >= 4 is 48.3 Å². The van der Waals surface area contributed by atoms with Crippen molar-refractivity contribution in [3.63, 3.8) is 0 Å². The van der Waals surface area contributed by atoms with Crippen LogP contribution in [0.15, 0.2) is 29.3 Å². The quantitative estimate of drug-likeness (QED) is 0.851. The van der Waals surface area contributed by atoms with Gasteiger partial charge in [-0.05, 0) is 18.2 Å². The molecule has 0 fully saturated rings. The van der Waals surface area contributed by atoms with Crippen molar-refractivity contribution in [2.45, 2.75) is 0 Å². The summed E-state index contributed by atoms with van der Waals surface area (Å²) in [5, 5.41) is 4.06. The number of hydrogen-bond acceptors (Lipinski definition) is 4. The summed E-state index contributed by atoms with van der Waals surface area (Å²) in [6.45, 7) is 4.43. The number of nitrogens with two attached hydrogens (primary N) is 1. The molecule has 0 aliphatic carbocycles. The van der Waals surface area contributed by atoms with Crippen LogP contribution in [0.25, 0.3) is 10.2 Å². The van der Waals surface area contributed by atoms with E-state index < -0.39 is 0 Å². The molecule has 0 unspecified atom stereocenters. The molecule has 3 N–H and O–H groups in total. The number of nitrogens with one attached hydrogen (secondary N) is 1. The van der Waals surface area contributed by atoms with Crippen molar-refractivity contribution < 1.29 is 0 Å². The second kappa shape index (κ2) is 4.20. The summed E-state index contributed by atoms with van der Waals surface area (Å²) >= 11 is 4.88. The van der Waals surface area contributed by atoms with Crippen LogP contribution in [0.4, 0.5) is 10.8 Å². The molecule has 0 atom stereocenters. The highest BCUT2D eigenvalue weighted by Gasteiger charge is 2.03. The maximum atomic E-state index is 5.69. The first kappa shape index (κ1) is 10.4. The minimum atomic E-state index is 0.676. The van der Waals surface area contributed by atoms with Gasteiger partial charge in [0.25, 0.3) is 0 Å². The Morgan fingerprint density at radius 3 is 3.13 bits per heavy atom. The van der Waals surface area contributed by atoms with Crippen molar-refractivity contribution in [2.75, 3.05) is 17.6 Å². The highest BCUT2D eigenvalue weighted by atomic mass is 79.9. The average molecular weight is 284 g/mol. The maximum absolute atomic E-state index is 5.69. The number of benzene rings is 1. The fourth-order valence-corrected chi connectivity index (χ4v) is 2.24. The lowest BCUT2D eigenvalue weighted by Crippen LogP contribution is -1.99. The normalized spacial score (nSPS) is 10.5. The van der Waals surface area contributed by atoms with Gasteiger partial charge in [-0.3, -0.25) is 0 Å². The minimum absolute atomic E-state index is 0.676. The van der Waals surface area contributed by atoms with Gasteiger partial charge in [-0.25, -0.2) is 4.98 Å². The third-order valence-corrected chi connectivity index (χ3v) is 3.10. The van der Waals surface area contributed by atoms with Gasteiger partial charge in [0.05, 0.1) is 10.2 Å². The van der Waals surface area contributed by atoms with E-state index in [9.17, 15) is 0 Å². The van der Waals surface area contributed by atoms with Crippen molar-refractivity contribution in [1.29, 1.82) is 0 Å². The van der Waals surface area contributed by atoms with Crippen molar-refractivity contribution in [3.8, 4) is 0 Å². The summed E-state index contributed by atoms with van der Waals surface area (Å²) in [7, 11) is 0. The van der Waals surface area contributed by atoms with E-state index >= 15 is 0 Å². The Balaban J connectivity index is 2.27. The van der Waals surface area contributed by atoms with Crippen molar-refractivity contribution in [3.05, 3.63) is 29.3 Å². The van der Waals surface area contributed by atoms with Gasteiger partial charge in [0.2, 0.25) is 0 Å². The van der Waals surface area contributed by atoms with Crippen LogP contribution in [-0.4, -0.2) is 11.5 Å². The Morgan fingerprint density at radius 2 is 2.40 bits per heavy atom. The second-order valence-corrected chi connectivity index (χ2v) is 5.27. The van der Waals surface area contributed by atoms with Crippen molar-refractivity contribution in [1.82, 2.24) is 4.98 Å². The molecule has 1 aromatic carbocycles. The first-order chi connectivity index (χ1) is 7.15. The second-order valence-electron chi connectivity index (χ2n) is 3.12. The van der Waals surface area contributed by atoms with E-state index in [1.54, 1.807) is 11.3 Å². The summed E-state index contributed by atoms with van der Waals surface area (Å²) in [6, 6.07) is 5.71. The number of rotatable bonds is 3. The average Bonchev–Trinajstić information content (AvgIpc) is 2.56. The number of aromatic nitrogens is 1. The predicted molar refractivity (Wildman–Crippen MR) is 70.6 cm³/mol. The first-order valence-corrected chi connectivity index (χ1v) is 5.99. The fourth-order valence-electron chi connectivity index (χ4n) is 1.19. The number of anilines is 2. The molecule has 0 spiro atoms. The van der Waals surface area contributed by atoms with Gasteiger partial charge < -0.3 is 11.1 Å². The summed E-state index contributed by atoms with van der Waals surface area (Å²) in [5.41, 5.74) is 7.43. The van der Waals surface area contributed by atoms with Gasteiger partial charge in [-0.1, -0.05) is 33.8 Å². The molecule has 2 aromatic rings. The summed E-state index contributed by atoms with van der Waals surface area (Å²) in [4.78, 5) is 4.42. The zero-order valence-corrected chi connectivity index (χ0v) is 10.4. The van der Waals surface area contributed by atoms with Crippen LogP contribution in [0, 0.1) is 0 Å². The van der Waals surface area contributed by atoms with Crippen molar-refractivity contribution in [2.24, 2.45) is 0 Å². The molecule has 0 saturated heterocycles. The lowest BCUT2D eigenvalue weighted by molar-refractivity contribution is 1.30. The SMILES string of the molecule is C=C(Br)CNc1nc2ccc(N)cc2s1. The fraction of sp³-hybridized carbons (Fsp3) is 0.100. The lowest BCUT2D eigenvalue weighted by Gasteiger charge is -1.97. The molecule has 0 aliphatic heterocycles. The van der Waals surface area contributed by atoms with Crippen LogP contribution < -0.4 is 11.1 Å². The Labute approximate surface area is 100 Å². The zero-order chi connectivity index (χ0) is 10.8. The van der Waals surface area contributed by atoms with Gasteiger partial charge >= 0.3 is 0 Å². The molecule has 1 aromatic heterocycles. The summed E-state index contributed by atoms with van der Waals surface area (Å²) in [6.07, 6.45) is 0. The molecule has 15 heavy (non-hydrogen) atoms. The van der Waals surface area contributed by atoms with E-state index in [0.717, 1.165) is 25.5 Å². The number of nitrogen functional groups attached to an aromatic ring is 1. The van der Waals surface area contributed by atoms with Crippen LogP contribution in [-0.2, 0) is 0 Å². The summed E-state index contributed by atoms with van der Waals surface area (Å²) in [5.74, 6) is 0. The lowest BCUT2D eigenvalue weighted by atomic mass is 10.3. The molecule has 1 heterocycles. The van der Waals surface area contributed by atoms with Gasteiger partial charge in [0.15, 0.2) is 5.13 Å². The number of halogens is 1. The first-order valence-electron chi connectivity index (χ1n) is 4.38. The Hall–Kier alpha value is -1.07. The van der Waals surface area contributed by atoms with Gasteiger partial charge in [0.1, 0.15) is 0 Å². The monoisotopic (exact) mass is 283 g/mol. The number of fused-ring (bicyclic) bond motifs is 1. The maximum Gasteiger partial charge on any atom is 0.184 e. The van der Waals surface area contributed by atoms with Crippen LogP contribution in [0.5, 0.6) is 0 Å². The Bertz CT molecular complexity index is 506. The predicted octanol–water partition coefficient (Wildman–Crippen LogP) is 3.20. The van der Waals surface area contributed by atoms with Crippen LogP contribution in [0.2, 0.25) is 0 Å².